The first kappa shape index (κ1) is 36.9. The monoisotopic (exact) mass is 696 g/mol. The van der Waals surface area contributed by atoms with Crippen molar-refractivity contribution in [1.29, 1.82) is 0 Å². The van der Waals surface area contributed by atoms with E-state index >= 15 is 0 Å². The number of azo groups is 2. The highest BCUT2D eigenvalue weighted by molar-refractivity contribution is 6.33. The second-order valence-corrected chi connectivity index (χ2v) is 12.9. The molecule has 49 heavy (non-hydrogen) atoms. The minimum atomic E-state index is -0.415. The van der Waals surface area contributed by atoms with Crippen molar-refractivity contribution in [2.24, 2.45) is 20.5 Å². The third-order valence-electron chi connectivity index (χ3n) is 7.87. The van der Waals surface area contributed by atoms with Crippen LogP contribution in [0.5, 0.6) is 0 Å². The number of carbonyl (C=O) groups excluding carboxylic acids is 2. The number of rotatable bonds is 12. The van der Waals surface area contributed by atoms with Crippen molar-refractivity contribution in [3.05, 3.63) is 150 Å². The van der Waals surface area contributed by atoms with E-state index in [9.17, 15) is 19.8 Å². The molecule has 0 saturated heterocycles. The lowest BCUT2D eigenvalue weighted by Crippen LogP contribution is -2.03. The van der Waals surface area contributed by atoms with Crippen molar-refractivity contribution in [3.8, 4) is 0 Å². The average Bonchev–Trinajstić information content (AvgIpc) is 3.01. The topological polar surface area (TPSA) is 124 Å². The number of aliphatic hydroxyl groups excluding tert-OH is 2. The second-order valence-electron chi connectivity index (χ2n) is 12.1. The zero-order valence-electron chi connectivity index (χ0n) is 28.3. The highest BCUT2D eigenvalue weighted by Crippen LogP contribution is 2.31. The Morgan fingerprint density at radius 2 is 0.980 bits per heavy atom. The van der Waals surface area contributed by atoms with Crippen molar-refractivity contribution in [1.82, 2.24) is 0 Å². The summed E-state index contributed by atoms with van der Waals surface area (Å²) in [6.07, 6.45) is 0.791. The molecular weight excluding hydrogens is 659 g/mol. The fraction of sp³-hybridized carbons (Fsp3) is 0.231. The highest BCUT2D eigenvalue weighted by Gasteiger charge is 2.15. The summed E-state index contributed by atoms with van der Waals surface area (Å²) in [4.78, 5) is 24.6. The molecule has 10 heteroatoms. The van der Waals surface area contributed by atoms with Gasteiger partial charge in [-0.1, -0.05) is 82.9 Å². The Labute approximate surface area is 296 Å². The molecule has 0 aromatic heterocycles. The average molecular weight is 698 g/mol. The van der Waals surface area contributed by atoms with Crippen LogP contribution in [-0.4, -0.2) is 21.8 Å². The maximum absolute atomic E-state index is 12.3. The standard InChI is InChI=1S/C39H38Cl2N4O4/c1-22-7-11-30(24(3)15-22)20-36(48)38(26(5)46)44-42-34-13-9-28(18-32(34)40)17-29-10-14-35(33(41)19-29)43-45-39(27(6)47)37(49)21-31-12-8-23(2)16-25(31)4/h7-16,18-19,48-49H,17,20-21H2,1-6H3. The largest absolute Gasteiger partial charge is 0.509 e. The Kier molecular flexibility index (Phi) is 12.4. The number of nitrogens with zero attached hydrogens (tertiary/aromatic N) is 4. The van der Waals surface area contributed by atoms with E-state index in [-0.39, 0.29) is 35.8 Å². The van der Waals surface area contributed by atoms with E-state index in [0.29, 0.717) is 27.8 Å². The van der Waals surface area contributed by atoms with E-state index in [1.807, 2.05) is 76.2 Å². The molecule has 0 aliphatic rings. The Morgan fingerprint density at radius 3 is 1.31 bits per heavy atom. The maximum atomic E-state index is 12.3. The molecule has 8 nitrogen and oxygen atoms in total. The summed E-state index contributed by atoms with van der Waals surface area (Å²) in [5, 5.41) is 38.5. The van der Waals surface area contributed by atoms with E-state index < -0.39 is 11.6 Å². The third-order valence-corrected chi connectivity index (χ3v) is 8.48. The number of aryl methyl sites for hydroxylation is 4. The van der Waals surface area contributed by atoms with Crippen LogP contribution in [0.1, 0.15) is 58.4 Å². The van der Waals surface area contributed by atoms with Crippen LogP contribution in [0.2, 0.25) is 10.0 Å². The summed E-state index contributed by atoms with van der Waals surface area (Å²) in [6.45, 7) is 10.5. The van der Waals surface area contributed by atoms with Crippen LogP contribution in [0.15, 0.2) is 116 Å². The predicted molar refractivity (Wildman–Crippen MR) is 195 cm³/mol. The van der Waals surface area contributed by atoms with Crippen LogP contribution in [0.25, 0.3) is 0 Å². The summed E-state index contributed by atoms with van der Waals surface area (Å²) in [5.41, 5.74) is 8.15. The van der Waals surface area contributed by atoms with Gasteiger partial charge in [-0.05, 0) is 91.8 Å². The molecule has 0 radical (unpaired) electrons. The van der Waals surface area contributed by atoms with Crippen LogP contribution in [0, 0.1) is 27.7 Å². The molecule has 0 spiro atoms. The zero-order valence-corrected chi connectivity index (χ0v) is 29.8. The van der Waals surface area contributed by atoms with Crippen LogP contribution >= 0.6 is 23.2 Å². The number of hydrogen-bond acceptors (Lipinski definition) is 8. The van der Waals surface area contributed by atoms with Crippen LogP contribution in [0.4, 0.5) is 11.4 Å². The summed E-state index contributed by atoms with van der Waals surface area (Å²) in [7, 11) is 0. The molecule has 4 aromatic rings. The normalized spacial score (nSPS) is 12.7. The van der Waals surface area contributed by atoms with Crippen LogP contribution in [0.3, 0.4) is 0 Å². The summed E-state index contributed by atoms with van der Waals surface area (Å²) >= 11 is 13.1. The predicted octanol–water partition coefficient (Wildman–Crippen LogP) is 11.2. The molecule has 0 aliphatic heterocycles. The molecule has 4 rings (SSSR count). The lowest BCUT2D eigenvalue weighted by Gasteiger charge is -2.08. The van der Waals surface area contributed by atoms with Gasteiger partial charge in [-0.15, -0.1) is 20.5 Å². The highest BCUT2D eigenvalue weighted by atomic mass is 35.5. The Morgan fingerprint density at radius 1 is 0.592 bits per heavy atom. The van der Waals surface area contributed by atoms with Gasteiger partial charge in [0.1, 0.15) is 22.9 Å². The molecule has 0 saturated carbocycles. The number of ketones is 2. The smallest absolute Gasteiger partial charge is 0.183 e. The zero-order chi connectivity index (χ0) is 35.8. The summed E-state index contributed by atoms with van der Waals surface area (Å²) in [6, 6.07) is 22.3. The van der Waals surface area contributed by atoms with Crippen molar-refractivity contribution < 1.29 is 19.8 Å². The molecule has 2 N–H and O–H groups in total. The molecule has 0 bridgehead atoms. The van der Waals surface area contributed by atoms with Gasteiger partial charge in [0.05, 0.1) is 10.0 Å². The first-order valence-corrected chi connectivity index (χ1v) is 16.4. The number of benzene rings is 4. The van der Waals surface area contributed by atoms with Gasteiger partial charge < -0.3 is 10.2 Å². The SMILES string of the molecule is CC(=O)C(N=Nc1ccc(Cc2ccc(N=NC(C(C)=O)=C(O)Cc3ccc(C)cc3C)c(Cl)c2)cc1Cl)=C(O)Cc1ccc(C)cc1C. The molecule has 252 valence electrons. The molecule has 0 heterocycles. The van der Waals surface area contributed by atoms with E-state index in [1.165, 1.54) is 13.8 Å². The van der Waals surface area contributed by atoms with Gasteiger partial charge in [0.15, 0.2) is 23.0 Å². The van der Waals surface area contributed by atoms with Gasteiger partial charge in [-0.25, -0.2) is 0 Å². The van der Waals surface area contributed by atoms with Crippen molar-refractivity contribution in [2.75, 3.05) is 0 Å². The van der Waals surface area contributed by atoms with Crippen molar-refractivity contribution in [2.45, 2.75) is 60.8 Å². The third kappa shape index (κ3) is 10.0. The number of Topliss-reactive ketones (excluding diaryl/α,β-unsaturated/α-hetero) is 2. The van der Waals surface area contributed by atoms with Crippen molar-refractivity contribution >= 4 is 46.1 Å². The van der Waals surface area contributed by atoms with Gasteiger partial charge in [-0.2, -0.15) is 0 Å². The van der Waals surface area contributed by atoms with Gasteiger partial charge in [0.25, 0.3) is 0 Å². The van der Waals surface area contributed by atoms with E-state index in [4.69, 9.17) is 23.2 Å². The molecule has 0 atom stereocenters. The lowest BCUT2D eigenvalue weighted by atomic mass is 10.0. The number of carbonyl (C=O) groups is 2. The van der Waals surface area contributed by atoms with Gasteiger partial charge in [-0.3, -0.25) is 9.59 Å². The number of aliphatic hydroxyl groups is 2. The molecule has 0 amide bonds. The fourth-order valence-corrected chi connectivity index (χ4v) is 5.69. The Bertz CT molecular complexity index is 1900. The molecule has 0 unspecified atom stereocenters. The van der Waals surface area contributed by atoms with E-state index in [2.05, 4.69) is 20.5 Å². The van der Waals surface area contributed by atoms with Crippen molar-refractivity contribution in [3.63, 3.8) is 0 Å². The Balaban J connectivity index is 1.47. The van der Waals surface area contributed by atoms with Crippen LogP contribution < -0.4 is 0 Å². The number of hydrogen-bond donors (Lipinski definition) is 2. The molecule has 0 fully saturated rings. The number of allylic oxidation sites excluding steroid dienone is 4. The van der Waals surface area contributed by atoms with Gasteiger partial charge >= 0.3 is 0 Å². The second kappa shape index (κ2) is 16.5. The minimum absolute atomic E-state index is 0.130. The minimum Gasteiger partial charge on any atom is -0.509 e. The fourth-order valence-electron chi connectivity index (χ4n) is 5.21. The van der Waals surface area contributed by atoms with Gasteiger partial charge in [0, 0.05) is 26.7 Å². The summed E-state index contributed by atoms with van der Waals surface area (Å²) in [5.74, 6) is -1.17. The van der Waals surface area contributed by atoms with E-state index in [1.54, 1.807) is 24.3 Å². The first-order chi connectivity index (χ1) is 23.2. The first-order valence-electron chi connectivity index (χ1n) is 15.6. The number of halogens is 2. The van der Waals surface area contributed by atoms with E-state index in [0.717, 1.165) is 44.5 Å². The van der Waals surface area contributed by atoms with Crippen LogP contribution in [-0.2, 0) is 28.9 Å². The molecule has 4 aromatic carbocycles. The maximum Gasteiger partial charge on any atom is 0.183 e. The molecular formula is C39H38Cl2N4O4. The summed E-state index contributed by atoms with van der Waals surface area (Å²) < 4.78 is 0. The molecule has 0 aliphatic carbocycles. The lowest BCUT2D eigenvalue weighted by molar-refractivity contribution is -0.114. The quantitative estimate of drug-likeness (QED) is 0.0868. The Hall–Kier alpha value is -4.92. The van der Waals surface area contributed by atoms with Gasteiger partial charge in [0.2, 0.25) is 0 Å².